The number of nitrogens with two attached hydrogens (primary N) is 1. The smallest absolute Gasteiger partial charge is 0.394 e. The van der Waals surface area contributed by atoms with Gasteiger partial charge in [-0.3, -0.25) is 9.48 Å². The fourth-order valence-corrected chi connectivity index (χ4v) is 5.26. The zero-order valence-corrected chi connectivity index (χ0v) is 23.7. The lowest BCUT2D eigenvalue weighted by Gasteiger charge is -2.42. The largest absolute Gasteiger partial charge is 0.418 e. The zero-order valence-electron chi connectivity index (χ0n) is 22.2. The van der Waals surface area contributed by atoms with Crippen LogP contribution in [0, 0.1) is 18.6 Å². The van der Waals surface area contributed by atoms with E-state index in [1.54, 1.807) is 0 Å². The molecular formula is C26H21Cl2F5N6O5. The molecule has 2 unspecified atom stereocenters. The number of ether oxygens (including phenoxy) is 1. The van der Waals surface area contributed by atoms with E-state index in [0.717, 1.165) is 45.9 Å². The number of aliphatic hydroxyl groups excluding tert-OH is 3. The molecule has 0 bridgehead atoms. The third-order valence-electron chi connectivity index (χ3n) is 6.94. The van der Waals surface area contributed by atoms with E-state index in [2.05, 4.69) is 15.2 Å². The van der Waals surface area contributed by atoms with E-state index in [-0.39, 0.29) is 27.8 Å². The Bertz CT molecular complexity index is 1730. The van der Waals surface area contributed by atoms with Gasteiger partial charge in [0.15, 0.2) is 11.5 Å². The molecule has 5 rings (SSSR count). The van der Waals surface area contributed by atoms with Crippen molar-refractivity contribution in [3.05, 3.63) is 81.1 Å². The molecule has 2 aromatic heterocycles. The number of halogens is 7. The van der Waals surface area contributed by atoms with Crippen molar-refractivity contribution < 1.29 is 46.8 Å². The maximum Gasteiger partial charge on any atom is 0.418 e. The quantitative estimate of drug-likeness (QED) is 0.180. The van der Waals surface area contributed by atoms with Crippen LogP contribution >= 0.6 is 23.2 Å². The lowest BCUT2D eigenvalue weighted by Crippen LogP contribution is -2.53. The Morgan fingerprint density at radius 3 is 2.34 bits per heavy atom. The van der Waals surface area contributed by atoms with Gasteiger partial charge in [0.05, 0.1) is 17.9 Å². The van der Waals surface area contributed by atoms with Crippen LogP contribution in [0.4, 0.5) is 22.0 Å². The Balaban J connectivity index is 1.65. The van der Waals surface area contributed by atoms with Crippen LogP contribution in [0.25, 0.3) is 16.8 Å². The number of amides is 1. The van der Waals surface area contributed by atoms with Crippen LogP contribution in [-0.2, 0) is 10.9 Å². The summed E-state index contributed by atoms with van der Waals surface area (Å²) in [5, 5.41) is 39.8. The van der Waals surface area contributed by atoms with Crippen molar-refractivity contribution >= 4 is 29.1 Å². The van der Waals surface area contributed by atoms with E-state index < -0.39 is 82.7 Å². The number of hydrogen-bond acceptors (Lipinski definition) is 8. The molecule has 1 aliphatic heterocycles. The SMILES string of the molecule is Cc1nc([C@@H]2OC(CO)[C@H](O)[C@H](n3cc(-c4cc(F)c(Cl)c(F)c4)c(C(N)=O)n3)C2O)n(-c2cc(Cl)ccc2C(F)(F)F)n1. The third kappa shape index (κ3) is 5.64. The van der Waals surface area contributed by atoms with Crippen LogP contribution in [0.2, 0.25) is 10.0 Å². The summed E-state index contributed by atoms with van der Waals surface area (Å²) in [6.45, 7) is 0.523. The molecule has 0 aliphatic carbocycles. The normalized spacial score (nSPS) is 22.4. The lowest BCUT2D eigenvalue weighted by atomic mass is 9.92. The summed E-state index contributed by atoms with van der Waals surface area (Å²) in [6, 6.07) is 2.79. The average molecular weight is 663 g/mol. The van der Waals surface area contributed by atoms with Gasteiger partial charge in [0.1, 0.15) is 52.9 Å². The summed E-state index contributed by atoms with van der Waals surface area (Å²) >= 11 is 11.6. The second-order valence-corrected chi connectivity index (χ2v) is 10.6. The molecule has 1 fully saturated rings. The van der Waals surface area contributed by atoms with Crippen molar-refractivity contribution in [2.75, 3.05) is 6.61 Å². The van der Waals surface area contributed by atoms with Gasteiger partial charge >= 0.3 is 6.18 Å². The molecule has 0 radical (unpaired) electrons. The van der Waals surface area contributed by atoms with Gasteiger partial charge in [-0.05, 0) is 42.8 Å². The van der Waals surface area contributed by atoms with Gasteiger partial charge in [0, 0.05) is 16.8 Å². The van der Waals surface area contributed by atoms with Crippen molar-refractivity contribution in [2.45, 2.75) is 43.6 Å². The summed E-state index contributed by atoms with van der Waals surface area (Å²) in [7, 11) is 0. The first-order valence-corrected chi connectivity index (χ1v) is 13.3. The van der Waals surface area contributed by atoms with E-state index >= 15 is 0 Å². The van der Waals surface area contributed by atoms with Crippen LogP contribution in [0.1, 0.15) is 39.8 Å². The summed E-state index contributed by atoms with van der Waals surface area (Å²) in [4.78, 5) is 16.4. The summed E-state index contributed by atoms with van der Waals surface area (Å²) in [5.41, 5.74) is 2.82. The Morgan fingerprint density at radius 2 is 1.75 bits per heavy atom. The van der Waals surface area contributed by atoms with E-state index in [4.69, 9.17) is 33.7 Å². The minimum Gasteiger partial charge on any atom is -0.394 e. The monoisotopic (exact) mass is 662 g/mol. The molecule has 4 aromatic rings. The molecule has 44 heavy (non-hydrogen) atoms. The zero-order chi connectivity index (χ0) is 32.2. The highest BCUT2D eigenvalue weighted by molar-refractivity contribution is 6.31. The van der Waals surface area contributed by atoms with Crippen LogP contribution in [0.3, 0.4) is 0 Å². The molecule has 1 saturated heterocycles. The molecule has 1 amide bonds. The number of carbonyl (C=O) groups excluding carboxylic acids is 1. The Morgan fingerprint density at radius 1 is 1.09 bits per heavy atom. The second kappa shape index (κ2) is 11.7. The molecule has 0 spiro atoms. The van der Waals surface area contributed by atoms with Crippen molar-refractivity contribution in [1.29, 1.82) is 0 Å². The predicted molar refractivity (Wildman–Crippen MR) is 143 cm³/mol. The molecule has 18 heteroatoms. The summed E-state index contributed by atoms with van der Waals surface area (Å²) in [5.74, 6) is -3.86. The second-order valence-electron chi connectivity index (χ2n) is 9.83. The molecule has 2 aromatic carbocycles. The lowest BCUT2D eigenvalue weighted by molar-refractivity contribution is -0.210. The van der Waals surface area contributed by atoms with Gasteiger partial charge in [-0.15, -0.1) is 0 Å². The number of primary amides is 1. The molecule has 1 aliphatic rings. The van der Waals surface area contributed by atoms with Gasteiger partial charge in [0.2, 0.25) is 0 Å². The van der Waals surface area contributed by atoms with E-state index in [0.29, 0.717) is 0 Å². The van der Waals surface area contributed by atoms with E-state index in [1.165, 1.54) is 6.92 Å². The number of carbonyl (C=O) groups is 1. The minimum absolute atomic E-state index is 0.0312. The maximum atomic E-state index is 14.3. The van der Waals surface area contributed by atoms with Crippen molar-refractivity contribution in [3.8, 4) is 16.8 Å². The highest BCUT2D eigenvalue weighted by atomic mass is 35.5. The first-order chi connectivity index (χ1) is 20.6. The maximum absolute atomic E-state index is 14.3. The Hall–Kier alpha value is -3.67. The number of aromatic nitrogens is 5. The molecule has 234 valence electrons. The number of nitrogens with zero attached hydrogens (tertiary/aromatic N) is 5. The van der Waals surface area contributed by atoms with Gasteiger partial charge in [0.25, 0.3) is 5.91 Å². The van der Waals surface area contributed by atoms with Crippen LogP contribution < -0.4 is 5.73 Å². The molecule has 0 saturated carbocycles. The number of hydrogen-bond donors (Lipinski definition) is 4. The number of alkyl halides is 3. The third-order valence-corrected chi connectivity index (χ3v) is 7.54. The number of benzene rings is 2. The topological polar surface area (TPSA) is 162 Å². The molecule has 5 atom stereocenters. The van der Waals surface area contributed by atoms with Gasteiger partial charge in [-0.2, -0.15) is 23.4 Å². The summed E-state index contributed by atoms with van der Waals surface area (Å²) < 4.78 is 77.7. The van der Waals surface area contributed by atoms with Crippen molar-refractivity contribution in [2.24, 2.45) is 5.73 Å². The highest BCUT2D eigenvalue weighted by Gasteiger charge is 2.49. The average Bonchev–Trinajstić information content (AvgIpc) is 3.55. The van der Waals surface area contributed by atoms with Gasteiger partial charge < -0.3 is 25.8 Å². The molecule has 11 nitrogen and oxygen atoms in total. The van der Waals surface area contributed by atoms with Gasteiger partial charge in [-0.1, -0.05) is 23.2 Å². The fraction of sp³-hybridized carbons (Fsp3) is 0.308. The highest BCUT2D eigenvalue weighted by Crippen LogP contribution is 2.41. The predicted octanol–water partition coefficient (Wildman–Crippen LogP) is 3.54. The first-order valence-electron chi connectivity index (χ1n) is 12.6. The fourth-order valence-electron chi connectivity index (χ4n) is 4.99. The van der Waals surface area contributed by atoms with Crippen LogP contribution in [-0.4, -0.2) is 70.7 Å². The standard InChI is InChI=1S/C26H21Cl2F5N6O5/c1-9-35-25(39(36-9)16-6-11(27)2-3-13(16)26(31,32)33)23-22(42)20(21(41)17(8-40)44-23)38-7-12(19(37-38)24(34)43)10-4-14(29)18(28)15(30)5-10/h2-7,17,20-23,40-42H,8H2,1H3,(H2,34,43)/t17?,20-,21-,22?,23+/m0/s1. The number of aryl methyl sites for hydroxylation is 1. The van der Waals surface area contributed by atoms with Crippen molar-refractivity contribution in [1.82, 2.24) is 24.5 Å². The van der Waals surface area contributed by atoms with Crippen LogP contribution in [0.5, 0.6) is 0 Å². The molecular weight excluding hydrogens is 642 g/mol. The van der Waals surface area contributed by atoms with Crippen LogP contribution in [0.15, 0.2) is 36.5 Å². The molecule has 3 heterocycles. The van der Waals surface area contributed by atoms with Gasteiger partial charge in [-0.25, -0.2) is 18.4 Å². The number of aliphatic hydroxyl groups is 3. The first kappa shape index (κ1) is 31.7. The minimum atomic E-state index is -4.85. The Labute approximate surface area is 254 Å². The molecule has 5 N–H and O–H groups in total. The van der Waals surface area contributed by atoms with E-state index in [1.807, 2.05) is 0 Å². The number of rotatable bonds is 6. The van der Waals surface area contributed by atoms with E-state index in [9.17, 15) is 42.1 Å². The Kier molecular flexibility index (Phi) is 8.43. The summed E-state index contributed by atoms with van der Waals surface area (Å²) in [6.07, 6.45) is -10.5. The van der Waals surface area contributed by atoms with Crippen molar-refractivity contribution in [3.63, 3.8) is 0 Å².